The molecule has 0 saturated carbocycles. The lowest BCUT2D eigenvalue weighted by molar-refractivity contribution is 0.182. The van der Waals surface area contributed by atoms with E-state index in [4.69, 9.17) is 13.0 Å². The quantitative estimate of drug-likeness (QED) is 0.164. The van der Waals surface area contributed by atoms with Crippen molar-refractivity contribution in [3.8, 4) is 0 Å². The van der Waals surface area contributed by atoms with Gasteiger partial charge in [0.15, 0.2) is 0 Å². The van der Waals surface area contributed by atoms with Crippen LogP contribution in [0.15, 0.2) is 0 Å². The molecule has 0 aliphatic rings. The van der Waals surface area contributed by atoms with Crippen LogP contribution in [-0.4, -0.2) is 30.3 Å². The van der Waals surface area contributed by atoms with E-state index in [1.165, 1.54) is 51.4 Å². The van der Waals surface area contributed by atoms with Gasteiger partial charge in [-0.1, -0.05) is 85.5 Å². The smallest absolute Gasteiger partial charge is 0.329 e. The Kier molecular flexibility index (Phi) is 16.5. The zero-order chi connectivity index (χ0) is 19.7. The van der Waals surface area contributed by atoms with E-state index in [1.54, 1.807) is 0 Å². The molecular formula is C21H48O3Si2. The van der Waals surface area contributed by atoms with E-state index in [1.807, 2.05) is 0 Å². The monoisotopic (exact) mass is 404 g/mol. The van der Waals surface area contributed by atoms with Crippen LogP contribution in [0.5, 0.6) is 0 Å². The predicted octanol–water partition coefficient (Wildman–Crippen LogP) is 7.55. The number of rotatable bonds is 19. The van der Waals surface area contributed by atoms with Crippen LogP contribution in [0.4, 0.5) is 0 Å². The highest BCUT2D eigenvalue weighted by Gasteiger charge is 2.43. The summed E-state index contributed by atoms with van der Waals surface area (Å²) in [7, 11) is -4.28. The average molecular weight is 405 g/mol. The molecule has 1 atom stereocenters. The van der Waals surface area contributed by atoms with Crippen molar-refractivity contribution in [3.05, 3.63) is 0 Å². The lowest BCUT2D eigenvalue weighted by Gasteiger charge is -2.37. The molecule has 1 unspecified atom stereocenters. The number of unbranched alkanes of at least 4 members (excludes halogenated alkanes) is 7. The number of hydrogen-bond acceptors (Lipinski definition) is 3. The second-order valence-electron chi connectivity index (χ2n) is 8.08. The Morgan fingerprint density at radius 1 is 0.538 bits per heavy atom. The van der Waals surface area contributed by atoms with Crippen molar-refractivity contribution in [1.29, 1.82) is 0 Å². The van der Waals surface area contributed by atoms with Crippen LogP contribution in [0.1, 0.15) is 98.3 Å². The summed E-state index contributed by atoms with van der Waals surface area (Å²) < 4.78 is 19.7. The van der Waals surface area contributed by atoms with Gasteiger partial charge in [0.05, 0.1) is 0 Å². The molecular weight excluding hydrogens is 356 g/mol. The average Bonchev–Trinajstić information content (AvgIpc) is 2.59. The fourth-order valence-corrected chi connectivity index (χ4v) is 11.4. The Labute approximate surface area is 167 Å². The minimum absolute atomic E-state index is 0.848. The lowest BCUT2D eigenvalue weighted by Crippen LogP contribution is -2.52. The van der Waals surface area contributed by atoms with Crippen molar-refractivity contribution >= 4 is 17.1 Å². The van der Waals surface area contributed by atoms with Crippen LogP contribution in [0.3, 0.4) is 0 Å². The van der Waals surface area contributed by atoms with Crippen LogP contribution < -0.4 is 0 Å². The molecule has 158 valence electrons. The van der Waals surface area contributed by atoms with Gasteiger partial charge in [0.2, 0.25) is 0 Å². The van der Waals surface area contributed by atoms with Crippen LogP contribution >= 0.6 is 0 Å². The third-order valence-electron chi connectivity index (χ3n) is 4.78. The molecule has 0 fully saturated rings. The summed E-state index contributed by atoms with van der Waals surface area (Å²) in [5, 5.41) is 0. The minimum atomic E-state index is -2.16. The highest BCUT2D eigenvalue weighted by molar-refractivity contribution is 6.80. The highest BCUT2D eigenvalue weighted by atomic mass is 28.5. The van der Waals surface area contributed by atoms with Crippen LogP contribution in [0.2, 0.25) is 25.2 Å². The summed E-state index contributed by atoms with van der Waals surface area (Å²) in [6.07, 6.45) is 13.6. The van der Waals surface area contributed by atoms with Crippen LogP contribution in [-0.2, 0) is 13.0 Å². The maximum atomic E-state index is 6.83. The molecule has 0 radical (unpaired) electrons. The van der Waals surface area contributed by atoms with Crippen molar-refractivity contribution in [2.45, 2.75) is 124 Å². The van der Waals surface area contributed by atoms with E-state index < -0.39 is 17.1 Å². The van der Waals surface area contributed by atoms with Gasteiger partial charge >= 0.3 is 17.1 Å². The van der Waals surface area contributed by atoms with Crippen LogP contribution in [0.25, 0.3) is 0 Å². The summed E-state index contributed by atoms with van der Waals surface area (Å²) in [5.74, 6) is 0. The Hall–Kier alpha value is 0.314. The molecule has 0 bridgehead atoms. The van der Waals surface area contributed by atoms with Gasteiger partial charge in [0.25, 0.3) is 0 Å². The molecule has 0 amide bonds. The highest BCUT2D eigenvalue weighted by Crippen LogP contribution is 2.29. The standard InChI is InChI=1S/C21H48O3Si2/c1-7-11-14-16-19-22-25(5,6)24-26(20-10-4,23-18-13-9-3)21-17-15-12-8-2/h7-21H2,1-6H3. The molecule has 0 aromatic carbocycles. The van der Waals surface area contributed by atoms with Gasteiger partial charge in [-0.2, -0.15) is 0 Å². The summed E-state index contributed by atoms with van der Waals surface area (Å²) in [5.41, 5.74) is 0. The molecule has 0 spiro atoms. The molecule has 0 heterocycles. The second kappa shape index (κ2) is 16.3. The third-order valence-corrected chi connectivity index (χ3v) is 12.2. The molecule has 26 heavy (non-hydrogen) atoms. The van der Waals surface area contributed by atoms with Gasteiger partial charge < -0.3 is 13.0 Å². The van der Waals surface area contributed by atoms with Crippen molar-refractivity contribution in [1.82, 2.24) is 0 Å². The first-order chi connectivity index (χ1) is 12.4. The van der Waals surface area contributed by atoms with Gasteiger partial charge in [0.1, 0.15) is 0 Å². The summed E-state index contributed by atoms with van der Waals surface area (Å²) in [6.45, 7) is 15.2. The Morgan fingerprint density at radius 2 is 1.12 bits per heavy atom. The molecule has 0 aliphatic carbocycles. The summed E-state index contributed by atoms with van der Waals surface area (Å²) >= 11 is 0. The molecule has 5 heteroatoms. The fourth-order valence-electron chi connectivity index (χ4n) is 3.33. The Morgan fingerprint density at radius 3 is 1.69 bits per heavy atom. The van der Waals surface area contributed by atoms with Crippen molar-refractivity contribution in [2.24, 2.45) is 0 Å². The first-order valence-electron chi connectivity index (χ1n) is 11.4. The number of hydrogen-bond donors (Lipinski definition) is 0. The van der Waals surface area contributed by atoms with Gasteiger partial charge in [-0.3, -0.25) is 0 Å². The van der Waals surface area contributed by atoms with Crippen molar-refractivity contribution < 1.29 is 13.0 Å². The summed E-state index contributed by atoms with van der Waals surface area (Å²) in [6, 6.07) is 2.25. The molecule has 3 nitrogen and oxygen atoms in total. The summed E-state index contributed by atoms with van der Waals surface area (Å²) in [4.78, 5) is 0. The van der Waals surface area contributed by atoms with Gasteiger partial charge in [0, 0.05) is 13.2 Å². The van der Waals surface area contributed by atoms with E-state index >= 15 is 0 Å². The SMILES string of the molecule is CCCCCCO[Si](C)(C)O[Si](CCC)(CCCCCC)OCCCC. The Balaban J connectivity index is 4.78. The fraction of sp³-hybridized carbons (Fsp3) is 1.00. The topological polar surface area (TPSA) is 27.7 Å². The van der Waals surface area contributed by atoms with Gasteiger partial charge in [-0.15, -0.1) is 0 Å². The molecule has 0 rings (SSSR count). The predicted molar refractivity (Wildman–Crippen MR) is 119 cm³/mol. The molecule has 0 N–H and O–H groups in total. The third kappa shape index (κ3) is 13.5. The first-order valence-corrected chi connectivity index (χ1v) is 16.5. The lowest BCUT2D eigenvalue weighted by atomic mass is 10.2. The van der Waals surface area contributed by atoms with E-state index in [0.29, 0.717) is 0 Å². The maximum Gasteiger partial charge on any atom is 0.329 e. The van der Waals surface area contributed by atoms with Gasteiger partial charge in [-0.25, -0.2) is 0 Å². The molecule has 0 aromatic heterocycles. The zero-order valence-corrected chi connectivity index (χ0v) is 20.8. The second-order valence-corrected chi connectivity index (χ2v) is 15.1. The van der Waals surface area contributed by atoms with E-state index in [0.717, 1.165) is 44.6 Å². The normalized spacial score (nSPS) is 14.5. The van der Waals surface area contributed by atoms with E-state index in [-0.39, 0.29) is 0 Å². The molecule has 0 saturated heterocycles. The van der Waals surface area contributed by atoms with Crippen LogP contribution in [0, 0.1) is 0 Å². The minimum Gasteiger partial charge on any atom is -0.415 e. The molecule has 0 aromatic rings. The Bertz CT molecular complexity index is 314. The van der Waals surface area contributed by atoms with Crippen molar-refractivity contribution in [2.75, 3.05) is 13.2 Å². The largest absolute Gasteiger partial charge is 0.415 e. The molecule has 0 aliphatic heterocycles. The zero-order valence-electron chi connectivity index (χ0n) is 18.8. The maximum absolute atomic E-state index is 6.83. The van der Waals surface area contributed by atoms with E-state index in [2.05, 4.69) is 40.8 Å². The van der Waals surface area contributed by atoms with Gasteiger partial charge in [-0.05, 0) is 38.0 Å². The first kappa shape index (κ1) is 26.3. The van der Waals surface area contributed by atoms with E-state index in [9.17, 15) is 0 Å². The van der Waals surface area contributed by atoms with Crippen molar-refractivity contribution in [3.63, 3.8) is 0 Å².